The fraction of sp³-hybridized carbons (Fsp3) is 0.588. The zero-order valence-electron chi connectivity index (χ0n) is 13.4. The normalized spacial score (nSPS) is 21.1. The Morgan fingerprint density at radius 2 is 2.09 bits per heavy atom. The maximum atomic E-state index is 12.7. The number of pyridine rings is 1. The highest BCUT2D eigenvalue weighted by molar-refractivity contribution is 7.89. The highest BCUT2D eigenvalue weighted by atomic mass is 32.2. The number of sulfonamides is 1. The summed E-state index contributed by atoms with van der Waals surface area (Å²) in [6.07, 6.45) is 7.30. The van der Waals surface area contributed by atoms with Crippen LogP contribution >= 0.6 is 0 Å². The zero-order valence-corrected chi connectivity index (χ0v) is 14.2. The molecule has 0 spiro atoms. The number of hydrogen-bond donors (Lipinski definition) is 0. The van der Waals surface area contributed by atoms with Crippen molar-refractivity contribution in [2.45, 2.75) is 25.7 Å². The van der Waals surface area contributed by atoms with Crippen LogP contribution in [0.2, 0.25) is 0 Å². The van der Waals surface area contributed by atoms with Crippen molar-refractivity contribution in [2.75, 3.05) is 32.1 Å². The molecule has 3 heterocycles. The second kappa shape index (κ2) is 7.55. The average Bonchev–Trinajstić information content (AvgIpc) is 2.62. The Labute approximate surface area is 138 Å². The summed E-state index contributed by atoms with van der Waals surface area (Å²) in [7, 11) is -3.20. The monoisotopic (exact) mass is 336 g/mol. The Bertz CT molecular complexity index is 637. The molecule has 1 aromatic heterocycles. The van der Waals surface area contributed by atoms with Gasteiger partial charge in [0.2, 0.25) is 10.0 Å². The summed E-state index contributed by atoms with van der Waals surface area (Å²) in [6.45, 7) is 2.54. The van der Waals surface area contributed by atoms with Gasteiger partial charge in [-0.2, -0.15) is 4.31 Å². The van der Waals surface area contributed by atoms with Crippen molar-refractivity contribution >= 4 is 15.6 Å². The van der Waals surface area contributed by atoms with Gasteiger partial charge in [-0.15, -0.1) is 0 Å². The van der Waals surface area contributed by atoms with Crippen LogP contribution in [0.1, 0.15) is 31.4 Å². The van der Waals surface area contributed by atoms with E-state index < -0.39 is 10.0 Å². The van der Waals surface area contributed by atoms with Crippen LogP contribution in [-0.2, 0) is 14.8 Å². The van der Waals surface area contributed by atoms with Crippen LogP contribution in [0.4, 0.5) is 0 Å². The topological polar surface area (TPSA) is 59.5 Å². The Balaban J connectivity index is 1.60. The average molecular weight is 336 g/mol. The summed E-state index contributed by atoms with van der Waals surface area (Å²) in [6, 6.07) is 5.74. The summed E-state index contributed by atoms with van der Waals surface area (Å²) in [5.74, 6) is 0.724. The van der Waals surface area contributed by atoms with E-state index in [1.54, 1.807) is 10.5 Å². The van der Waals surface area contributed by atoms with Gasteiger partial charge in [0, 0.05) is 32.5 Å². The van der Waals surface area contributed by atoms with Crippen molar-refractivity contribution in [3.8, 4) is 0 Å². The maximum Gasteiger partial charge on any atom is 0.214 e. The molecule has 6 heteroatoms. The van der Waals surface area contributed by atoms with Gasteiger partial charge in [0.1, 0.15) is 0 Å². The first-order valence-corrected chi connectivity index (χ1v) is 9.92. The van der Waals surface area contributed by atoms with Gasteiger partial charge < -0.3 is 4.74 Å². The summed E-state index contributed by atoms with van der Waals surface area (Å²) in [5, 5.41) is 0. The van der Waals surface area contributed by atoms with E-state index in [4.69, 9.17) is 4.74 Å². The first kappa shape index (κ1) is 16.6. The molecule has 0 aromatic carbocycles. The minimum absolute atomic E-state index is 0.243. The Kier molecular flexibility index (Phi) is 5.46. The molecule has 1 saturated heterocycles. The van der Waals surface area contributed by atoms with E-state index in [1.165, 1.54) is 0 Å². The van der Waals surface area contributed by atoms with E-state index >= 15 is 0 Å². The van der Waals surface area contributed by atoms with Gasteiger partial charge in [-0.3, -0.25) is 4.98 Å². The van der Waals surface area contributed by atoms with Crippen molar-refractivity contribution in [2.24, 2.45) is 5.92 Å². The first-order chi connectivity index (χ1) is 11.1. The first-order valence-electron chi connectivity index (χ1n) is 8.31. The Hall–Kier alpha value is -1.24. The molecule has 0 unspecified atom stereocenters. The van der Waals surface area contributed by atoms with E-state index in [1.807, 2.05) is 18.2 Å². The fourth-order valence-corrected chi connectivity index (χ4v) is 4.78. The van der Waals surface area contributed by atoms with Gasteiger partial charge in [-0.25, -0.2) is 8.42 Å². The molecule has 0 saturated carbocycles. The largest absolute Gasteiger partial charge is 0.381 e. The predicted molar refractivity (Wildman–Crippen MR) is 90.4 cm³/mol. The molecule has 23 heavy (non-hydrogen) atoms. The Morgan fingerprint density at radius 3 is 2.83 bits per heavy atom. The molecular formula is C17H24N2O3S. The molecule has 0 N–H and O–H groups in total. The number of rotatable bonds is 5. The molecule has 0 aliphatic carbocycles. The van der Waals surface area contributed by atoms with Crippen LogP contribution in [0.25, 0.3) is 5.57 Å². The SMILES string of the molecule is O=S(=O)(CCC1CCOCC1)N1CCC=C(c2ccccn2)C1. The van der Waals surface area contributed by atoms with Crippen molar-refractivity contribution in [1.82, 2.24) is 9.29 Å². The van der Waals surface area contributed by atoms with Crippen molar-refractivity contribution in [3.05, 3.63) is 36.2 Å². The van der Waals surface area contributed by atoms with Crippen molar-refractivity contribution < 1.29 is 13.2 Å². The lowest BCUT2D eigenvalue weighted by Crippen LogP contribution is -2.37. The van der Waals surface area contributed by atoms with Gasteiger partial charge in [-0.05, 0) is 49.3 Å². The van der Waals surface area contributed by atoms with E-state index in [-0.39, 0.29) is 5.75 Å². The molecule has 1 aromatic rings. The smallest absolute Gasteiger partial charge is 0.214 e. The third-order valence-electron chi connectivity index (χ3n) is 4.63. The van der Waals surface area contributed by atoms with Gasteiger partial charge in [0.15, 0.2) is 0 Å². The molecule has 0 radical (unpaired) electrons. The second-order valence-corrected chi connectivity index (χ2v) is 8.32. The van der Waals surface area contributed by atoms with E-state index in [2.05, 4.69) is 11.1 Å². The zero-order chi connectivity index (χ0) is 16.1. The summed E-state index contributed by atoms with van der Waals surface area (Å²) >= 11 is 0. The van der Waals surface area contributed by atoms with Crippen molar-refractivity contribution in [3.63, 3.8) is 0 Å². The molecular weight excluding hydrogens is 312 g/mol. The highest BCUT2D eigenvalue weighted by Crippen LogP contribution is 2.24. The van der Waals surface area contributed by atoms with Crippen LogP contribution in [0.3, 0.4) is 0 Å². The van der Waals surface area contributed by atoms with E-state index in [0.717, 1.165) is 50.2 Å². The van der Waals surface area contributed by atoms with Gasteiger partial charge >= 0.3 is 0 Å². The molecule has 5 nitrogen and oxygen atoms in total. The lowest BCUT2D eigenvalue weighted by Gasteiger charge is -2.28. The number of ether oxygens (including phenoxy) is 1. The molecule has 0 atom stereocenters. The van der Waals surface area contributed by atoms with Crippen LogP contribution in [-0.4, -0.2) is 49.8 Å². The molecule has 1 fully saturated rings. The van der Waals surface area contributed by atoms with Crippen LogP contribution < -0.4 is 0 Å². The van der Waals surface area contributed by atoms with Crippen LogP contribution in [0.15, 0.2) is 30.5 Å². The standard InChI is InChI=1S/C17H24N2O3S/c20-23(21,13-8-15-6-11-22-12-7-15)19-10-3-4-16(14-19)17-5-1-2-9-18-17/h1-2,4-5,9,15H,3,6-8,10-14H2. The molecule has 0 amide bonds. The maximum absolute atomic E-state index is 12.7. The number of hydrogen-bond acceptors (Lipinski definition) is 4. The quantitative estimate of drug-likeness (QED) is 0.828. The molecule has 2 aliphatic heterocycles. The van der Waals surface area contributed by atoms with E-state index in [0.29, 0.717) is 19.0 Å². The summed E-state index contributed by atoms with van der Waals surface area (Å²) in [4.78, 5) is 4.33. The molecule has 3 rings (SSSR count). The Morgan fingerprint density at radius 1 is 1.26 bits per heavy atom. The second-order valence-electron chi connectivity index (χ2n) is 6.23. The highest BCUT2D eigenvalue weighted by Gasteiger charge is 2.27. The third kappa shape index (κ3) is 4.40. The lowest BCUT2D eigenvalue weighted by molar-refractivity contribution is 0.0655. The predicted octanol–water partition coefficient (Wildman–Crippen LogP) is 2.32. The fourth-order valence-electron chi connectivity index (χ4n) is 3.17. The minimum atomic E-state index is -3.20. The molecule has 2 aliphatic rings. The summed E-state index contributed by atoms with van der Waals surface area (Å²) in [5.41, 5.74) is 1.88. The third-order valence-corrected chi connectivity index (χ3v) is 6.48. The molecule has 126 valence electrons. The van der Waals surface area contributed by atoms with Gasteiger partial charge in [0.05, 0.1) is 11.4 Å². The van der Waals surface area contributed by atoms with Gasteiger partial charge in [0.25, 0.3) is 0 Å². The number of nitrogens with zero attached hydrogens (tertiary/aromatic N) is 2. The summed E-state index contributed by atoms with van der Waals surface area (Å²) < 4.78 is 32.3. The number of aromatic nitrogens is 1. The van der Waals surface area contributed by atoms with Crippen LogP contribution in [0, 0.1) is 5.92 Å². The van der Waals surface area contributed by atoms with Gasteiger partial charge in [-0.1, -0.05) is 12.1 Å². The van der Waals surface area contributed by atoms with Crippen LogP contribution in [0.5, 0.6) is 0 Å². The minimum Gasteiger partial charge on any atom is -0.381 e. The van der Waals surface area contributed by atoms with Crippen molar-refractivity contribution in [1.29, 1.82) is 0 Å². The lowest BCUT2D eigenvalue weighted by atomic mass is 9.98. The molecule has 0 bridgehead atoms. The van der Waals surface area contributed by atoms with E-state index in [9.17, 15) is 8.42 Å².